The maximum absolute atomic E-state index is 12.5. The van der Waals surface area contributed by atoms with E-state index in [1.54, 1.807) is 0 Å². The van der Waals surface area contributed by atoms with E-state index in [0.29, 0.717) is 41.4 Å². The van der Waals surface area contributed by atoms with E-state index in [4.69, 9.17) is 0 Å². The Kier molecular flexibility index (Phi) is 7.81. The lowest BCUT2D eigenvalue weighted by Crippen LogP contribution is -2.62. The molecule has 4 aliphatic carbocycles. The SMILES string of the molecule is CC[C@@H]1C2C[C@H](O)CC[C@]2(C)C2CC[C@@]3(C)C(CC[C@@H]3[C@H](C)C[C@H](C)C(=O)NCC(C)=O)C2[C@H]1O. The molecular formula is C30H51NO4. The average Bonchev–Trinajstić information content (AvgIpc) is 3.16. The van der Waals surface area contributed by atoms with E-state index in [2.05, 4.69) is 33.0 Å². The molecule has 0 aromatic rings. The van der Waals surface area contributed by atoms with Crippen molar-refractivity contribution in [2.75, 3.05) is 6.54 Å². The third-order valence-corrected chi connectivity index (χ3v) is 11.8. The van der Waals surface area contributed by atoms with E-state index < -0.39 is 0 Å². The van der Waals surface area contributed by atoms with Gasteiger partial charge in [0.05, 0.1) is 18.8 Å². The van der Waals surface area contributed by atoms with Gasteiger partial charge in [-0.3, -0.25) is 9.59 Å². The topological polar surface area (TPSA) is 86.6 Å². The lowest BCUT2D eigenvalue weighted by molar-refractivity contribution is -0.203. The second-order valence-corrected chi connectivity index (χ2v) is 13.7. The van der Waals surface area contributed by atoms with E-state index in [1.807, 2.05) is 6.92 Å². The van der Waals surface area contributed by atoms with Crippen LogP contribution in [0.15, 0.2) is 0 Å². The third-order valence-electron chi connectivity index (χ3n) is 11.8. The normalized spacial score (nSPS) is 46.6. The molecule has 0 radical (unpaired) electrons. The molecule has 4 saturated carbocycles. The van der Waals surface area contributed by atoms with Crippen LogP contribution in [0.25, 0.3) is 0 Å². The number of rotatable bonds is 7. The molecule has 5 heteroatoms. The molecular weight excluding hydrogens is 438 g/mol. The Balaban J connectivity index is 1.52. The highest BCUT2D eigenvalue weighted by Gasteiger charge is 2.64. The zero-order valence-electron chi connectivity index (χ0n) is 23.1. The molecule has 35 heavy (non-hydrogen) atoms. The van der Waals surface area contributed by atoms with Gasteiger partial charge < -0.3 is 15.5 Å². The van der Waals surface area contributed by atoms with Crippen molar-refractivity contribution in [1.29, 1.82) is 0 Å². The minimum Gasteiger partial charge on any atom is -0.393 e. The maximum Gasteiger partial charge on any atom is 0.223 e. The monoisotopic (exact) mass is 489 g/mol. The Hall–Kier alpha value is -0.940. The van der Waals surface area contributed by atoms with Crippen LogP contribution in [-0.2, 0) is 9.59 Å². The fourth-order valence-electron chi connectivity index (χ4n) is 10.1. The second-order valence-electron chi connectivity index (χ2n) is 13.7. The number of nitrogens with one attached hydrogen (secondary N) is 1. The maximum atomic E-state index is 12.5. The molecule has 200 valence electrons. The summed E-state index contributed by atoms with van der Waals surface area (Å²) in [5, 5.41) is 25.1. The Morgan fingerprint density at radius 1 is 0.971 bits per heavy atom. The zero-order chi connectivity index (χ0) is 25.7. The molecule has 4 fully saturated rings. The number of aliphatic hydroxyl groups excluding tert-OH is 2. The smallest absolute Gasteiger partial charge is 0.223 e. The summed E-state index contributed by atoms with van der Waals surface area (Å²) < 4.78 is 0. The summed E-state index contributed by atoms with van der Waals surface area (Å²) in [6.45, 7) is 13.2. The van der Waals surface area contributed by atoms with Crippen molar-refractivity contribution in [2.45, 2.75) is 112 Å². The van der Waals surface area contributed by atoms with Crippen LogP contribution in [0, 0.1) is 58.2 Å². The Morgan fingerprint density at radius 2 is 1.63 bits per heavy atom. The lowest BCUT2D eigenvalue weighted by atomic mass is 9.41. The summed E-state index contributed by atoms with van der Waals surface area (Å²) in [6.07, 6.45) is 9.03. The largest absolute Gasteiger partial charge is 0.393 e. The highest BCUT2D eigenvalue weighted by molar-refractivity contribution is 5.85. The van der Waals surface area contributed by atoms with Gasteiger partial charge >= 0.3 is 0 Å². The molecule has 0 aromatic carbocycles. The van der Waals surface area contributed by atoms with Gasteiger partial charge in [0.15, 0.2) is 0 Å². The summed E-state index contributed by atoms with van der Waals surface area (Å²) >= 11 is 0. The molecule has 0 aromatic heterocycles. The van der Waals surface area contributed by atoms with Gasteiger partial charge in [-0.1, -0.05) is 41.0 Å². The number of ketones is 1. The highest BCUT2D eigenvalue weighted by atomic mass is 16.3. The lowest BCUT2D eigenvalue weighted by Gasteiger charge is -2.64. The Morgan fingerprint density at radius 3 is 2.29 bits per heavy atom. The number of amides is 1. The van der Waals surface area contributed by atoms with Gasteiger partial charge in [0.25, 0.3) is 0 Å². The van der Waals surface area contributed by atoms with Crippen LogP contribution < -0.4 is 5.32 Å². The van der Waals surface area contributed by atoms with E-state index >= 15 is 0 Å². The molecule has 5 nitrogen and oxygen atoms in total. The fourth-order valence-corrected chi connectivity index (χ4v) is 10.1. The number of Topliss-reactive ketones (excluding diaryl/α,β-unsaturated/α-hetero) is 1. The zero-order valence-corrected chi connectivity index (χ0v) is 23.1. The molecule has 1 amide bonds. The molecule has 0 saturated heterocycles. The van der Waals surface area contributed by atoms with Gasteiger partial charge in [0, 0.05) is 5.92 Å². The molecule has 12 atom stereocenters. The minimum atomic E-state index is -0.261. The van der Waals surface area contributed by atoms with Crippen LogP contribution in [-0.4, -0.2) is 40.7 Å². The molecule has 4 rings (SSSR count). The van der Waals surface area contributed by atoms with Gasteiger partial charge in [0.2, 0.25) is 5.91 Å². The number of carbonyl (C=O) groups is 2. The average molecular weight is 490 g/mol. The Bertz CT molecular complexity index is 799. The van der Waals surface area contributed by atoms with Crippen molar-refractivity contribution in [3.8, 4) is 0 Å². The van der Waals surface area contributed by atoms with Crippen LogP contribution in [0.1, 0.15) is 99.3 Å². The second kappa shape index (κ2) is 10.1. The number of carbonyl (C=O) groups excluding carboxylic acids is 2. The highest BCUT2D eigenvalue weighted by Crippen LogP contribution is 2.69. The van der Waals surface area contributed by atoms with E-state index in [-0.39, 0.29) is 47.2 Å². The first-order valence-corrected chi connectivity index (χ1v) is 14.6. The number of hydrogen-bond acceptors (Lipinski definition) is 4. The molecule has 0 bridgehead atoms. The standard InChI is InChI=1S/C30H51NO4/c1-7-21-25-15-20(33)10-12-30(25,6)24-11-13-29(5)22(8-9-23(29)26(24)27(21)34)17(2)14-18(3)28(35)31-16-19(4)32/h17-18,20-27,33-34H,7-16H2,1-6H3,(H,31,35)/t17-,18+,20-,21-,22-,23?,24?,25?,26?,27+,29-,30-/m1/s1. The fraction of sp³-hybridized carbons (Fsp3) is 0.933. The quantitative estimate of drug-likeness (QED) is 0.471. The first-order valence-electron chi connectivity index (χ1n) is 14.6. The number of hydrogen-bond donors (Lipinski definition) is 3. The molecule has 4 unspecified atom stereocenters. The Labute approximate surface area is 213 Å². The van der Waals surface area contributed by atoms with Gasteiger partial charge in [0.1, 0.15) is 5.78 Å². The minimum absolute atomic E-state index is 0.0117. The predicted molar refractivity (Wildman–Crippen MR) is 138 cm³/mol. The molecule has 3 N–H and O–H groups in total. The van der Waals surface area contributed by atoms with Gasteiger partial charge in [-0.05, 0) is 111 Å². The van der Waals surface area contributed by atoms with E-state index in [0.717, 1.165) is 32.1 Å². The third kappa shape index (κ3) is 4.62. The van der Waals surface area contributed by atoms with Crippen molar-refractivity contribution in [1.82, 2.24) is 5.32 Å². The summed E-state index contributed by atoms with van der Waals surface area (Å²) in [6, 6.07) is 0. The molecule has 0 spiro atoms. The number of fused-ring (bicyclic) bond motifs is 5. The van der Waals surface area contributed by atoms with Crippen molar-refractivity contribution in [3.05, 3.63) is 0 Å². The molecule has 4 aliphatic rings. The van der Waals surface area contributed by atoms with Crippen LogP contribution in [0.5, 0.6) is 0 Å². The van der Waals surface area contributed by atoms with Crippen molar-refractivity contribution in [3.63, 3.8) is 0 Å². The van der Waals surface area contributed by atoms with Crippen LogP contribution in [0.2, 0.25) is 0 Å². The van der Waals surface area contributed by atoms with E-state index in [1.165, 1.54) is 32.6 Å². The summed E-state index contributed by atoms with van der Waals surface area (Å²) in [5.74, 6) is 3.08. The van der Waals surface area contributed by atoms with Gasteiger partial charge in [-0.15, -0.1) is 0 Å². The van der Waals surface area contributed by atoms with Gasteiger partial charge in [-0.2, -0.15) is 0 Å². The van der Waals surface area contributed by atoms with Crippen LogP contribution in [0.3, 0.4) is 0 Å². The summed E-state index contributed by atoms with van der Waals surface area (Å²) in [5.41, 5.74) is 0.449. The van der Waals surface area contributed by atoms with Gasteiger partial charge in [-0.25, -0.2) is 0 Å². The van der Waals surface area contributed by atoms with Crippen LogP contribution >= 0.6 is 0 Å². The van der Waals surface area contributed by atoms with Crippen molar-refractivity contribution < 1.29 is 19.8 Å². The first-order chi connectivity index (χ1) is 16.4. The predicted octanol–water partition coefficient (Wildman–Crippen LogP) is 4.98. The molecule has 0 aliphatic heterocycles. The van der Waals surface area contributed by atoms with Crippen molar-refractivity contribution >= 4 is 11.7 Å². The summed E-state index contributed by atoms with van der Waals surface area (Å²) in [7, 11) is 0. The van der Waals surface area contributed by atoms with E-state index in [9.17, 15) is 19.8 Å². The number of aliphatic hydroxyl groups is 2. The van der Waals surface area contributed by atoms with Crippen molar-refractivity contribution in [2.24, 2.45) is 58.2 Å². The molecule has 0 heterocycles. The summed E-state index contributed by atoms with van der Waals surface area (Å²) in [4.78, 5) is 23.8. The first kappa shape index (κ1) is 27.1. The van der Waals surface area contributed by atoms with Crippen LogP contribution in [0.4, 0.5) is 0 Å².